The van der Waals surface area contributed by atoms with Gasteiger partial charge in [0.1, 0.15) is 7.14 Å². The van der Waals surface area contributed by atoms with Crippen molar-refractivity contribution >= 4 is 36.3 Å². The van der Waals surface area contributed by atoms with Gasteiger partial charge in [0.25, 0.3) is 0 Å². The lowest BCUT2D eigenvalue weighted by Crippen LogP contribution is -2.29. The molecule has 0 fully saturated rings. The second-order valence-electron chi connectivity index (χ2n) is 10.6. The van der Waals surface area contributed by atoms with Crippen molar-refractivity contribution in [2.45, 2.75) is 70.4 Å². The van der Waals surface area contributed by atoms with Gasteiger partial charge in [-0.1, -0.05) is 180 Å². The van der Waals surface area contributed by atoms with Gasteiger partial charge in [0.05, 0.1) is 0 Å². The maximum Gasteiger partial charge on any atom is 0.143 e. The maximum atomic E-state index is 15.2. The average Bonchev–Trinajstić information content (AvgIpc) is 3.00. The third kappa shape index (κ3) is 8.51. The van der Waals surface area contributed by atoms with Gasteiger partial charge >= 0.3 is 0 Å². The molecule has 0 N–H and O–H groups in total. The van der Waals surface area contributed by atoms with E-state index in [1.165, 1.54) is 62.0 Å². The predicted molar refractivity (Wildman–Crippen MR) is 175 cm³/mol. The van der Waals surface area contributed by atoms with Crippen molar-refractivity contribution in [3.63, 3.8) is 0 Å². The first kappa shape index (κ1) is 29.5. The highest BCUT2D eigenvalue weighted by Gasteiger charge is 2.35. The van der Waals surface area contributed by atoms with Crippen LogP contribution >= 0.6 is 15.1 Å². The van der Waals surface area contributed by atoms with Crippen LogP contribution in [0.25, 0.3) is 0 Å². The molecule has 204 valence electrons. The molecule has 0 amide bonds. The van der Waals surface area contributed by atoms with Gasteiger partial charge in [0.2, 0.25) is 0 Å². The lowest BCUT2D eigenvalue weighted by atomic mass is 10.1. The van der Waals surface area contributed by atoms with E-state index in [1.807, 2.05) is 36.4 Å². The fraction of sp³-hybridized carbons (Fsp3) is 0.333. The van der Waals surface area contributed by atoms with E-state index < -0.39 is 15.1 Å². The van der Waals surface area contributed by atoms with Crippen molar-refractivity contribution < 1.29 is 4.57 Å². The molecule has 0 radical (unpaired) electrons. The first-order valence-corrected chi connectivity index (χ1v) is 18.1. The molecule has 0 heterocycles. The first-order valence-electron chi connectivity index (χ1n) is 14.8. The van der Waals surface area contributed by atoms with E-state index in [4.69, 9.17) is 0 Å². The summed E-state index contributed by atoms with van der Waals surface area (Å²) in [6, 6.07) is 42.5. The number of hydrogen-bond acceptors (Lipinski definition) is 1. The Balaban J connectivity index is 1.66. The van der Waals surface area contributed by atoms with Crippen LogP contribution in [0.1, 0.15) is 64.7 Å². The van der Waals surface area contributed by atoms with Crippen LogP contribution in [0.2, 0.25) is 0 Å². The number of benzene rings is 4. The normalized spacial score (nSPS) is 12.5. The minimum Gasteiger partial charge on any atom is -0.314 e. The molecule has 0 saturated heterocycles. The molecule has 4 aromatic rings. The largest absolute Gasteiger partial charge is 0.314 e. The predicted octanol–water partition coefficient (Wildman–Crippen LogP) is 9.03. The van der Waals surface area contributed by atoms with Crippen LogP contribution in [0.15, 0.2) is 121 Å². The molecule has 0 saturated carbocycles. The van der Waals surface area contributed by atoms with Gasteiger partial charge in [-0.2, -0.15) is 0 Å². The lowest BCUT2D eigenvalue weighted by molar-refractivity contribution is 0.560. The summed E-state index contributed by atoms with van der Waals surface area (Å²) in [5.41, 5.74) is 0.330. The Morgan fingerprint density at radius 2 is 0.923 bits per heavy atom. The van der Waals surface area contributed by atoms with Gasteiger partial charge in [0.15, 0.2) is 0 Å². The molecule has 0 aliphatic heterocycles. The molecule has 39 heavy (non-hydrogen) atoms. The van der Waals surface area contributed by atoms with Gasteiger partial charge in [-0.25, -0.2) is 0 Å². The zero-order valence-electron chi connectivity index (χ0n) is 23.5. The summed E-state index contributed by atoms with van der Waals surface area (Å²) >= 11 is 0. The molecule has 4 rings (SSSR count). The summed E-state index contributed by atoms with van der Waals surface area (Å²) in [5.74, 6) is 0. The Bertz CT molecular complexity index is 1160. The molecular weight excluding hydrogens is 510 g/mol. The number of rotatable bonds is 16. The van der Waals surface area contributed by atoms with Crippen molar-refractivity contribution in [3.05, 3.63) is 121 Å². The Morgan fingerprint density at radius 1 is 0.538 bits per heavy atom. The third-order valence-electron chi connectivity index (χ3n) is 7.64. The molecule has 0 spiro atoms. The zero-order valence-corrected chi connectivity index (χ0v) is 25.3. The third-order valence-corrected chi connectivity index (χ3v) is 14.0. The van der Waals surface area contributed by atoms with E-state index in [-0.39, 0.29) is 0 Å². The zero-order chi connectivity index (χ0) is 27.2. The van der Waals surface area contributed by atoms with Gasteiger partial charge in [-0.15, -0.1) is 0 Å². The van der Waals surface area contributed by atoms with E-state index in [2.05, 4.69) is 91.9 Å². The molecule has 1 unspecified atom stereocenters. The summed E-state index contributed by atoms with van der Waals surface area (Å²) in [7, 11) is -3.50. The van der Waals surface area contributed by atoms with Crippen molar-refractivity contribution in [2.24, 2.45) is 0 Å². The molecule has 4 aromatic carbocycles. The summed E-state index contributed by atoms with van der Waals surface area (Å²) < 4.78 is 15.2. The molecule has 1 nitrogen and oxygen atoms in total. The Hall–Kier alpha value is -2.46. The second-order valence-corrected chi connectivity index (χ2v) is 15.9. The lowest BCUT2D eigenvalue weighted by Gasteiger charge is -2.32. The van der Waals surface area contributed by atoms with Crippen LogP contribution in [0, 0.1) is 0 Å². The highest BCUT2D eigenvalue weighted by atomic mass is 31.2. The highest BCUT2D eigenvalue weighted by Crippen LogP contribution is 2.52. The van der Waals surface area contributed by atoms with Crippen molar-refractivity contribution in [2.75, 3.05) is 6.16 Å². The number of unbranched alkanes of at least 4 members (excludes halogenated alkanes) is 7. The van der Waals surface area contributed by atoms with Crippen LogP contribution < -0.4 is 21.2 Å². The maximum absolute atomic E-state index is 15.2. The molecule has 0 aromatic heterocycles. The van der Waals surface area contributed by atoms with Crippen LogP contribution in [-0.2, 0) is 4.57 Å². The van der Waals surface area contributed by atoms with E-state index in [9.17, 15) is 0 Å². The van der Waals surface area contributed by atoms with Gasteiger partial charge in [0, 0.05) is 16.8 Å². The van der Waals surface area contributed by atoms with Gasteiger partial charge in [-0.3, -0.25) is 0 Å². The summed E-state index contributed by atoms with van der Waals surface area (Å²) in [6.07, 6.45) is 12.3. The second kappa shape index (κ2) is 16.0. The summed E-state index contributed by atoms with van der Waals surface area (Å²) in [4.78, 5) is 0. The van der Waals surface area contributed by atoms with E-state index in [0.29, 0.717) is 11.8 Å². The standard InChI is InChI=1S/C36H44OP2/c1-2-3-4-5-6-7-8-13-26-34(38(32-22-14-9-15-23-32)33-24-16-10-17-25-33)31-39(37,35-27-18-11-19-28-35)36-29-20-12-21-30-36/h9-12,14-25,27-30,34H,2-8,13,26,31H2,1H3. The van der Waals surface area contributed by atoms with E-state index >= 15 is 4.57 Å². The minimum atomic E-state index is -2.83. The fourth-order valence-corrected chi connectivity index (χ4v) is 12.3. The smallest absolute Gasteiger partial charge is 0.143 e. The number of hydrogen-bond donors (Lipinski definition) is 0. The SMILES string of the molecule is CCCCCCCCCCC(CP(=O)(c1ccccc1)c1ccccc1)P(c1ccccc1)c1ccccc1. The molecular formula is C36H44OP2. The molecule has 1 atom stereocenters. The molecule has 3 heteroatoms. The van der Waals surface area contributed by atoms with Crippen LogP contribution in [0.3, 0.4) is 0 Å². The topological polar surface area (TPSA) is 17.1 Å². The van der Waals surface area contributed by atoms with Crippen molar-refractivity contribution in [1.29, 1.82) is 0 Å². The average molecular weight is 555 g/mol. The van der Waals surface area contributed by atoms with E-state index in [0.717, 1.165) is 17.0 Å². The summed E-state index contributed by atoms with van der Waals surface area (Å²) in [6.45, 7) is 2.28. The summed E-state index contributed by atoms with van der Waals surface area (Å²) in [5, 5.41) is 4.73. The molecule has 0 bridgehead atoms. The quantitative estimate of drug-likeness (QED) is 0.0998. The fourth-order valence-electron chi connectivity index (χ4n) is 5.56. The first-order chi connectivity index (χ1) is 19.2. The monoisotopic (exact) mass is 554 g/mol. The molecule has 0 aliphatic carbocycles. The van der Waals surface area contributed by atoms with Crippen LogP contribution in [0.4, 0.5) is 0 Å². The minimum absolute atomic E-state index is 0.330. The van der Waals surface area contributed by atoms with E-state index in [1.54, 1.807) is 0 Å². The Labute approximate surface area is 238 Å². The van der Waals surface area contributed by atoms with Crippen LogP contribution in [-0.4, -0.2) is 11.8 Å². The van der Waals surface area contributed by atoms with Gasteiger partial charge in [-0.05, 0) is 30.6 Å². The molecule has 0 aliphatic rings. The Kier molecular flexibility index (Phi) is 12.1. The van der Waals surface area contributed by atoms with Crippen LogP contribution in [0.5, 0.6) is 0 Å². The Morgan fingerprint density at radius 3 is 1.36 bits per heavy atom. The van der Waals surface area contributed by atoms with Crippen molar-refractivity contribution in [3.8, 4) is 0 Å². The highest BCUT2D eigenvalue weighted by molar-refractivity contribution is 7.80. The van der Waals surface area contributed by atoms with Crippen molar-refractivity contribution in [1.82, 2.24) is 0 Å². The van der Waals surface area contributed by atoms with Gasteiger partial charge < -0.3 is 4.57 Å².